The molecule has 0 bridgehead atoms. The average Bonchev–Trinajstić information content (AvgIpc) is 3.09. The minimum atomic E-state index is 0.531. The van der Waals surface area contributed by atoms with Crippen molar-refractivity contribution in [3.8, 4) is 0 Å². The van der Waals surface area contributed by atoms with Crippen LogP contribution in [-0.2, 0) is 13.0 Å². The van der Waals surface area contributed by atoms with E-state index in [1.165, 1.54) is 12.8 Å². The summed E-state index contributed by atoms with van der Waals surface area (Å²) in [4.78, 5) is 6.64. The molecule has 0 amide bonds. The highest BCUT2D eigenvalue weighted by Crippen LogP contribution is 2.18. The fourth-order valence-electron chi connectivity index (χ4n) is 2.46. The smallest absolute Gasteiger partial charge is 0.266 e. The zero-order chi connectivity index (χ0) is 13.1. The lowest BCUT2D eigenvalue weighted by molar-refractivity contribution is 0.384. The molecule has 3 rings (SSSR count). The van der Waals surface area contributed by atoms with Gasteiger partial charge in [0, 0.05) is 19.6 Å². The van der Waals surface area contributed by atoms with Gasteiger partial charge in [0.05, 0.1) is 6.42 Å². The van der Waals surface area contributed by atoms with E-state index in [0.29, 0.717) is 18.9 Å². The van der Waals surface area contributed by atoms with Crippen LogP contribution in [0, 0.1) is 0 Å². The first-order valence-corrected chi connectivity index (χ1v) is 6.71. The van der Waals surface area contributed by atoms with Gasteiger partial charge in [-0.3, -0.25) is 0 Å². The number of hydrogen-bond acceptors (Lipinski definition) is 5. The molecule has 1 aromatic heterocycles. The standard InChI is InChI=1S/C14H18N4O/c15-10-12-6-2-1-5-11(12)9-13-16-14(17-19-13)18-7-3-4-8-18/h1-2,5-6H,3-4,7-10,15H2. The topological polar surface area (TPSA) is 68.2 Å². The molecule has 100 valence electrons. The third-order valence-electron chi connectivity index (χ3n) is 3.53. The fourth-order valence-corrected chi connectivity index (χ4v) is 2.46. The summed E-state index contributed by atoms with van der Waals surface area (Å²) in [6.45, 7) is 2.58. The van der Waals surface area contributed by atoms with E-state index in [0.717, 1.165) is 30.2 Å². The molecule has 0 radical (unpaired) electrons. The number of aromatic nitrogens is 2. The van der Waals surface area contributed by atoms with E-state index in [2.05, 4.69) is 21.1 Å². The van der Waals surface area contributed by atoms with Crippen LogP contribution in [0.4, 0.5) is 5.95 Å². The van der Waals surface area contributed by atoms with Crippen LogP contribution in [0.3, 0.4) is 0 Å². The van der Waals surface area contributed by atoms with E-state index >= 15 is 0 Å². The number of hydrogen-bond donors (Lipinski definition) is 1. The summed E-state index contributed by atoms with van der Waals surface area (Å²) in [5.41, 5.74) is 8.02. The molecule has 0 aliphatic carbocycles. The fraction of sp³-hybridized carbons (Fsp3) is 0.429. The zero-order valence-electron chi connectivity index (χ0n) is 10.9. The van der Waals surface area contributed by atoms with Crippen LogP contribution in [0.25, 0.3) is 0 Å². The number of rotatable bonds is 4. The highest BCUT2D eigenvalue weighted by Gasteiger charge is 2.18. The lowest BCUT2D eigenvalue weighted by atomic mass is 10.0. The van der Waals surface area contributed by atoms with Gasteiger partial charge in [0.15, 0.2) is 0 Å². The highest BCUT2D eigenvalue weighted by molar-refractivity contribution is 5.32. The number of nitrogens with two attached hydrogens (primary N) is 1. The van der Waals surface area contributed by atoms with Crippen molar-refractivity contribution in [2.75, 3.05) is 18.0 Å². The molecule has 1 aliphatic rings. The van der Waals surface area contributed by atoms with Gasteiger partial charge in [-0.15, -0.1) is 0 Å². The van der Waals surface area contributed by atoms with Gasteiger partial charge >= 0.3 is 0 Å². The Morgan fingerprint density at radius 1 is 1.16 bits per heavy atom. The Labute approximate surface area is 112 Å². The van der Waals surface area contributed by atoms with E-state index in [1.807, 2.05) is 18.2 Å². The van der Waals surface area contributed by atoms with Crippen LogP contribution >= 0.6 is 0 Å². The van der Waals surface area contributed by atoms with Gasteiger partial charge in [0.2, 0.25) is 5.89 Å². The van der Waals surface area contributed by atoms with Crippen LogP contribution < -0.4 is 10.6 Å². The molecule has 2 aromatic rings. The summed E-state index contributed by atoms with van der Waals surface area (Å²) in [5.74, 6) is 1.38. The largest absolute Gasteiger partial charge is 0.338 e. The van der Waals surface area contributed by atoms with E-state index in [-0.39, 0.29) is 0 Å². The minimum Gasteiger partial charge on any atom is -0.338 e. The van der Waals surface area contributed by atoms with E-state index in [4.69, 9.17) is 10.3 Å². The molecule has 5 heteroatoms. The maximum Gasteiger partial charge on any atom is 0.266 e. The molecule has 1 saturated heterocycles. The van der Waals surface area contributed by atoms with Gasteiger partial charge in [-0.05, 0) is 29.1 Å². The predicted molar refractivity (Wildman–Crippen MR) is 72.9 cm³/mol. The second-order valence-corrected chi connectivity index (χ2v) is 4.83. The monoisotopic (exact) mass is 258 g/mol. The molecule has 0 atom stereocenters. The maximum absolute atomic E-state index is 5.73. The molecule has 1 aromatic carbocycles. The van der Waals surface area contributed by atoms with Crippen molar-refractivity contribution < 1.29 is 4.52 Å². The Balaban J connectivity index is 1.76. The van der Waals surface area contributed by atoms with Gasteiger partial charge < -0.3 is 15.2 Å². The number of nitrogens with zero attached hydrogens (tertiary/aromatic N) is 3. The first-order valence-electron chi connectivity index (χ1n) is 6.71. The number of benzene rings is 1. The summed E-state index contributed by atoms with van der Waals surface area (Å²) < 4.78 is 5.34. The lowest BCUT2D eigenvalue weighted by Crippen LogP contribution is -2.18. The van der Waals surface area contributed by atoms with Gasteiger partial charge in [0.1, 0.15) is 0 Å². The van der Waals surface area contributed by atoms with Crippen LogP contribution in [-0.4, -0.2) is 23.2 Å². The SMILES string of the molecule is NCc1ccccc1Cc1nc(N2CCCC2)no1. The van der Waals surface area contributed by atoms with Gasteiger partial charge in [-0.1, -0.05) is 24.3 Å². The Bertz CT molecular complexity index is 546. The second-order valence-electron chi connectivity index (χ2n) is 4.83. The second kappa shape index (κ2) is 5.40. The van der Waals surface area contributed by atoms with Crippen molar-refractivity contribution in [1.29, 1.82) is 0 Å². The molecule has 1 fully saturated rings. The van der Waals surface area contributed by atoms with E-state index < -0.39 is 0 Å². The Hall–Kier alpha value is -1.88. The first-order chi connectivity index (χ1) is 9.36. The van der Waals surface area contributed by atoms with Crippen molar-refractivity contribution in [1.82, 2.24) is 10.1 Å². The van der Waals surface area contributed by atoms with Gasteiger partial charge in [-0.2, -0.15) is 4.98 Å². The molecule has 2 N–H and O–H groups in total. The van der Waals surface area contributed by atoms with Gasteiger partial charge in [-0.25, -0.2) is 0 Å². The molecule has 0 spiro atoms. The van der Waals surface area contributed by atoms with Crippen molar-refractivity contribution in [3.63, 3.8) is 0 Å². The summed E-state index contributed by atoms with van der Waals surface area (Å²) >= 11 is 0. The molecular formula is C14H18N4O. The van der Waals surface area contributed by atoms with Crippen molar-refractivity contribution in [2.24, 2.45) is 5.73 Å². The van der Waals surface area contributed by atoms with E-state index in [1.54, 1.807) is 0 Å². The van der Waals surface area contributed by atoms with Crippen LogP contribution in [0.15, 0.2) is 28.8 Å². The summed E-state index contributed by atoms with van der Waals surface area (Å²) in [6, 6.07) is 8.09. The lowest BCUT2D eigenvalue weighted by Gasteiger charge is -2.09. The quantitative estimate of drug-likeness (QED) is 0.904. The third kappa shape index (κ3) is 2.61. The predicted octanol–water partition coefficient (Wildman–Crippen LogP) is 1.72. The van der Waals surface area contributed by atoms with Crippen LogP contribution in [0.5, 0.6) is 0 Å². The molecular weight excluding hydrogens is 240 g/mol. The zero-order valence-corrected chi connectivity index (χ0v) is 10.9. The Morgan fingerprint density at radius 2 is 1.89 bits per heavy atom. The number of anilines is 1. The third-order valence-corrected chi connectivity index (χ3v) is 3.53. The van der Waals surface area contributed by atoms with Crippen molar-refractivity contribution >= 4 is 5.95 Å². The summed E-state index contributed by atoms with van der Waals surface area (Å²) in [6.07, 6.45) is 3.06. The van der Waals surface area contributed by atoms with E-state index in [9.17, 15) is 0 Å². The summed E-state index contributed by atoms with van der Waals surface area (Å²) in [7, 11) is 0. The van der Waals surface area contributed by atoms with Crippen LogP contribution in [0.2, 0.25) is 0 Å². The minimum absolute atomic E-state index is 0.531. The molecule has 2 heterocycles. The Morgan fingerprint density at radius 3 is 2.63 bits per heavy atom. The highest BCUT2D eigenvalue weighted by atomic mass is 16.5. The average molecular weight is 258 g/mol. The summed E-state index contributed by atoms with van der Waals surface area (Å²) in [5, 5.41) is 4.06. The molecule has 0 saturated carbocycles. The molecule has 5 nitrogen and oxygen atoms in total. The molecule has 1 aliphatic heterocycles. The van der Waals surface area contributed by atoms with Crippen molar-refractivity contribution in [2.45, 2.75) is 25.8 Å². The van der Waals surface area contributed by atoms with Crippen LogP contribution in [0.1, 0.15) is 29.9 Å². The molecule has 19 heavy (non-hydrogen) atoms. The Kier molecular flexibility index (Phi) is 3.46. The molecule has 0 unspecified atom stereocenters. The first kappa shape index (κ1) is 12.2. The van der Waals surface area contributed by atoms with Gasteiger partial charge in [0.25, 0.3) is 5.95 Å². The normalized spacial score (nSPS) is 15.1. The maximum atomic E-state index is 5.73. The van der Waals surface area contributed by atoms with Crippen molar-refractivity contribution in [3.05, 3.63) is 41.3 Å².